The zero-order valence-corrected chi connectivity index (χ0v) is 19.1. The number of hydrogen-bond donors (Lipinski definition) is 2. The fourth-order valence-electron chi connectivity index (χ4n) is 2.88. The monoisotopic (exact) mass is 499 g/mol. The van der Waals surface area contributed by atoms with E-state index in [9.17, 15) is 9.59 Å². The van der Waals surface area contributed by atoms with Crippen molar-refractivity contribution in [3.8, 4) is 5.69 Å². The number of nitrogens with zero attached hydrogens (tertiary/aromatic N) is 5. The number of nitrogens with two attached hydrogens (primary N) is 1. The second-order valence-electron chi connectivity index (χ2n) is 6.64. The SMILES string of the molecule is NC(=O)c1ccc(NC(=O)c2nnn(-c3cc(Cl)cc(Cl)c3)c2CSc2ncccn2)cc1. The summed E-state index contributed by atoms with van der Waals surface area (Å²) in [5.74, 6) is -0.742. The summed E-state index contributed by atoms with van der Waals surface area (Å²) in [5.41, 5.74) is 7.21. The van der Waals surface area contributed by atoms with Crippen LogP contribution in [0.1, 0.15) is 26.5 Å². The first-order chi connectivity index (χ1) is 15.9. The lowest BCUT2D eigenvalue weighted by molar-refractivity contribution is 0.0997. The highest BCUT2D eigenvalue weighted by Crippen LogP contribution is 2.26. The molecule has 0 spiro atoms. The Morgan fingerprint density at radius 3 is 2.33 bits per heavy atom. The molecule has 0 radical (unpaired) electrons. The molecule has 2 aromatic carbocycles. The van der Waals surface area contributed by atoms with E-state index in [4.69, 9.17) is 28.9 Å². The van der Waals surface area contributed by atoms with Crippen LogP contribution in [-0.4, -0.2) is 36.8 Å². The molecule has 0 aliphatic carbocycles. The number of anilines is 1. The molecule has 0 atom stereocenters. The molecular formula is C21H15Cl2N7O2S. The highest BCUT2D eigenvalue weighted by Gasteiger charge is 2.22. The minimum Gasteiger partial charge on any atom is -0.366 e. The quantitative estimate of drug-likeness (QED) is 0.290. The number of hydrogen-bond acceptors (Lipinski definition) is 7. The fraction of sp³-hybridized carbons (Fsp3) is 0.0476. The van der Waals surface area contributed by atoms with Gasteiger partial charge in [0.15, 0.2) is 10.9 Å². The molecule has 166 valence electrons. The number of nitrogens with one attached hydrogen (secondary N) is 1. The van der Waals surface area contributed by atoms with Crippen LogP contribution in [0.5, 0.6) is 0 Å². The number of amides is 2. The summed E-state index contributed by atoms with van der Waals surface area (Å²) >= 11 is 13.6. The zero-order valence-electron chi connectivity index (χ0n) is 16.8. The van der Waals surface area contributed by atoms with Crippen molar-refractivity contribution in [3.05, 3.63) is 87.9 Å². The van der Waals surface area contributed by atoms with Gasteiger partial charge in [-0.2, -0.15) is 0 Å². The highest BCUT2D eigenvalue weighted by molar-refractivity contribution is 7.98. The molecule has 4 aromatic rings. The van der Waals surface area contributed by atoms with Gasteiger partial charge in [-0.1, -0.05) is 40.2 Å². The maximum absolute atomic E-state index is 13.0. The molecule has 0 fully saturated rings. The molecule has 0 aliphatic heterocycles. The van der Waals surface area contributed by atoms with Gasteiger partial charge in [-0.25, -0.2) is 14.6 Å². The van der Waals surface area contributed by atoms with Crippen molar-refractivity contribution in [2.24, 2.45) is 5.73 Å². The van der Waals surface area contributed by atoms with Gasteiger partial charge < -0.3 is 11.1 Å². The van der Waals surface area contributed by atoms with Gasteiger partial charge in [-0.15, -0.1) is 5.10 Å². The number of carbonyl (C=O) groups excluding carboxylic acids is 2. The third kappa shape index (κ3) is 5.48. The van der Waals surface area contributed by atoms with Crippen LogP contribution >= 0.6 is 35.0 Å². The Balaban J connectivity index is 1.66. The lowest BCUT2D eigenvalue weighted by Gasteiger charge is -2.09. The number of rotatable bonds is 7. The van der Waals surface area contributed by atoms with Gasteiger partial charge >= 0.3 is 0 Å². The molecule has 3 N–H and O–H groups in total. The molecule has 0 saturated carbocycles. The smallest absolute Gasteiger partial charge is 0.278 e. The molecule has 2 heterocycles. The number of benzene rings is 2. The van der Waals surface area contributed by atoms with Crippen molar-refractivity contribution >= 4 is 52.5 Å². The van der Waals surface area contributed by atoms with E-state index in [0.717, 1.165) is 0 Å². The van der Waals surface area contributed by atoms with Crippen LogP contribution in [0.25, 0.3) is 5.69 Å². The van der Waals surface area contributed by atoms with Gasteiger partial charge in [0.25, 0.3) is 5.91 Å². The van der Waals surface area contributed by atoms with Gasteiger partial charge in [0.2, 0.25) is 5.91 Å². The summed E-state index contributed by atoms with van der Waals surface area (Å²) in [4.78, 5) is 32.7. The van der Waals surface area contributed by atoms with E-state index in [1.54, 1.807) is 48.8 Å². The number of carbonyl (C=O) groups is 2. The lowest BCUT2D eigenvalue weighted by atomic mass is 10.2. The summed E-state index contributed by atoms with van der Waals surface area (Å²) in [7, 11) is 0. The van der Waals surface area contributed by atoms with Crippen molar-refractivity contribution in [2.75, 3.05) is 5.32 Å². The van der Waals surface area contributed by atoms with Crippen LogP contribution in [-0.2, 0) is 5.75 Å². The molecule has 0 aliphatic rings. The summed E-state index contributed by atoms with van der Waals surface area (Å²) in [6.45, 7) is 0. The van der Waals surface area contributed by atoms with E-state index in [0.29, 0.717) is 43.6 Å². The maximum Gasteiger partial charge on any atom is 0.278 e. The van der Waals surface area contributed by atoms with Crippen molar-refractivity contribution < 1.29 is 9.59 Å². The third-order valence-electron chi connectivity index (χ3n) is 4.38. The van der Waals surface area contributed by atoms with Crippen molar-refractivity contribution in [1.82, 2.24) is 25.0 Å². The summed E-state index contributed by atoms with van der Waals surface area (Å²) in [6, 6.07) is 12.8. The second kappa shape index (κ2) is 9.99. The summed E-state index contributed by atoms with van der Waals surface area (Å²) in [6.07, 6.45) is 3.26. The molecule has 2 amide bonds. The molecule has 2 aromatic heterocycles. The molecule has 0 bridgehead atoms. The first-order valence-electron chi connectivity index (χ1n) is 9.43. The molecule has 4 rings (SSSR count). The molecule has 0 saturated heterocycles. The zero-order chi connectivity index (χ0) is 23.4. The Hall–Kier alpha value is -3.47. The third-order valence-corrected chi connectivity index (χ3v) is 5.70. The second-order valence-corrected chi connectivity index (χ2v) is 8.46. The molecule has 33 heavy (non-hydrogen) atoms. The molecule has 9 nitrogen and oxygen atoms in total. The average molecular weight is 500 g/mol. The summed E-state index contributed by atoms with van der Waals surface area (Å²) < 4.78 is 1.50. The Morgan fingerprint density at radius 1 is 1.03 bits per heavy atom. The number of thioether (sulfide) groups is 1. The maximum atomic E-state index is 13.0. The minimum atomic E-state index is -0.557. The topological polar surface area (TPSA) is 129 Å². The lowest BCUT2D eigenvalue weighted by Crippen LogP contribution is -2.16. The molecular weight excluding hydrogens is 485 g/mol. The van der Waals surface area contributed by atoms with Gasteiger partial charge in [0, 0.05) is 39.4 Å². The largest absolute Gasteiger partial charge is 0.366 e. The first-order valence-corrected chi connectivity index (χ1v) is 11.2. The van der Waals surface area contributed by atoms with E-state index < -0.39 is 11.8 Å². The average Bonchev–Trinajstić information content (AvgIpc) is 3.22. The van der Waals surface area contributed by atoms with E-state index in [-0.39, 0.29) is 5.69 Å². The van der Waals surface area contributed by atoms with Crippen LogP contribution in [0.4, 0.5) is 5.69 Å². The van der Waals surface area contributed by atoms with E-state index in [2.05, 4.69) is 25.6 Å². The normalized spacial score (nSPS) is 10.7. The van der Waals surface area contributed by atoms with Gasteiger partial charge in [0.1, 0.15) is 0 Å². The van der Waals surface area contributed by atoms with Gasteiger partial charge in [-0.05, 0) is 48.5 Å². The van der Waals surface area contributed by atoms with Crippen LogP contribution in [0, 0.1) is 0 Å². The number of primary amides is 1. The predicted octanol–water partition coefficient (Wildman–Crippen LogP) is 4.01. The number of halogens is 2. The Labute approximate surface area is 202 Å². The standard InChI is InChI=1S/C21H15Cl2N7O2S/c22-13-8-14(23)10-16(9-13)30-17(11-33-21-25-6-1-7-26-21)18(28-29-30)20(32)27-15-4-2-12(3-5-15)19(24)31/h1-10H,11H2,(H2,24,31)(H,27,32). The predicted molar refractivity (Wildman–Crippen MR) is 126 cm³/mol. The molecule has 0 unspecified atom stereocenters. The van der Waals surface area contributed by atoms with Crippen molar-refractivity contribution in [2.45, 2.75) is 10.9 Å². The van der Waals surface area contributed by atoms with E-state index >= 15 is 0 Å². The van der Waals surface area contributed by atoms with E-state index in [1.165, 1.54) is 28.6 Å². The van der Waals surface area contributed by atoms with E-state index in [1.807, 2.05) is 0 Å². The highest BCUT2D eigenvalue weighted by atomic mass is 35.5. The Bertz CT molecular complexity index is 1290. The van der Waals surface area contributed by atoms with Crippen molar-refractivity contribution in [3.63, 3.8) is 0 Å². The van der Waals surface area contributed by atoms with Crippen molar-refractivity contribution in [1.29, 1.82) is 0 Å². The minimum absolute atomic E-state index is 0.105. The van der Waals surface area contributed by atoms with Gasteiger partial charge in [0.05, 0.1) is 11.4 Å². The van der Waals surface area contributed by atoms with Crippen LogP contribution < -0.4 is 11.1 Å². The Morgan fingerprint density at radius 2 is 1.70 bits per heavy atom. The number of aromatic nitrogens is 5. The Kier molecular flexibility index (Phi) is 6.87. The van der Waals surface area contributed by atoms with Crippen LogP contribution in [0.2, 0.25) is 10.0 Å². The summed E-state index contributed by atoms with van der Waals surface area (Å²) in [5, 5.41) is 12.4. The fourth-order valence-corrected chi connectivity index (χ4v) is 4.19. The van der Waals surface area contributed by atoms with Crippen LogP contribution in [0.15, 0.2) is 66.1 Å². The van der Waals surface area contributed by atoms with Gasteiger partial charge in [-0.3, -0.25) is 9.59 Å². The van der Waals surface area contributed by atoms with Crippen LogP contribution in [0.3, 0.4) is 0 Å². The molecule has 12 heteroatoms. The first kappa shape index (κ1) is 22.7.